The average Bonchev–Trinajstić information content (AvgIpc) is 2.15. The van der Waals surface area contributed by atoms with Gasteiger partial charge in [0.1, 0.15) is 0 Å². The summed E-state index contributed by atoms with van der Waals surface area (Å²) in [5.41, 5.74) is 0. The monoisotopic (exact) mass is 218 g/mol. The smallest absolute Gasteiger partial charge is 0.303 e. The van der Waals surface area contributed by atoms with Crippen LogP contribution in [-0.2, 0) is 4.79 Å². The number of thioether (sulfide) groups is 1. The fourth-order valence-electron chi connectivity index (χ4n) is 1.18. The number of rotatable bonds is 10. The summed E-state index contributed by atoms with van der Waals surface area (Å²) in [6, 6.07) is 0. The summed E-state index contributed by atoms with van der Waals surface area (Å²) < 4.78 is 0. The quantitative estimate of drug-likeness (QED) is 0.570. The van der Waals surface area contributed by atoms with Crippen molar-refractivity contribution in [2.24, 2.45) is 0 Å². The molecule has 0 aliphatic carbocycles. The highest BCUT2D eigenvalue weighted by atomic mass is 32.2. The maximum absolute atomic E-state index is 10.2. The molecule has 0 heterocycles. The van der Waals surface area contributed by atoms with E-state index in [4.69, 9.17) is 5.11 Å². The Hall–Kier alpha value is -0.180. The molecular weight excluding hydrogens is 196 g/mol. The summed E-state index contributed by atoms with van der Waals surface area (Å²) in [5, 5.41) is 8.41. The minimum Gasteiger partial charge on any atom is -0.481 e. The molecule has 0 amide bonds. The van der Waals surface area contributed by atoms with Crippen LogP contribution in [0, 0.1) is 0 Å². The van der Waals surface area contributed by atoms with Gasteiger partial charge in [0, 0.05) is 6.42 Å². The summed E-state index contributed by atoms with van der Waals surface area (Å²) >= 11 is 2.03. The van der Waals surface area contributed by atoms with Gasteiger partial charge in [0.05, 0.1) is 0 Å². The molecule has 14 heavy (non-hydrogen) atoms. The van der Waals surface area contributed by atoms with Crippen LogP contribution in [0.2, 0.25) is 0 Å². The second kappa shape index (κ2) is 10.9. The molecule has 0 bridgehead atoms. The highest BCUT2D eigenvalue weighted by molar-refractivity contribution is 7.99. The molecule has 0 aromatic heterocycles. The summed E-state index contributed by atoms with van der Waals surface area (Å²) in [4.78, 5) is 10.2. The van der Waals surface area contributed by atoms with Crippen LogP contribution in [0.5, 0.6) is 0 Å². The van der Waals surface area contributed by atoms with E-state index < -0.39 is 5.97 Å². The molecule has 84 valence electrons. The van der Waals surface area contributed by atoms with Crippen molar-refractivity contribution in [2.75, 3.05) is 11.5 Å². The van der Waals surface area contributed by atoms with Crippen molar-refractivity contribution < 1.29 is 9.90 Å². The summed E-state index contributed by atoms with van der Waals surface area (Å²) in [6.45, 7) is 2.21. The largest absolute Gasteiger partial charge is 0.481 e. The average molecular weight is 218 g/mol. The maximum atomic E-state index is 10.2. The zero-order valence-electron chi connectivity index (χ0n) is 9.13. The number of hydrogen-bond donors (Lipinski definition) is 1. The zero-order chi connectivity index (χ0) is 10.6. The highest BCUT2D eigenvalue weighted by Gasteiger charge is 1.96. The van der Waals surface area contributed by atoms with Crippen LogP contribution in [-0.4, -0.2) is 22.6 Å². The SMILES string of the molecule is CCCCSCCCCCCC(=O)O. The van der Waals surface area contributed by atoms with Gasteiger partial charge in [-0.15, -0.1) is 0 Å². The lowest BCUT2D eigenvalue weighted by molar-refractivity contribution is -0.137. The first kappa shape index (κ1) is 13.8. The van der Waals surface area contributed by atoms with Crippen LogP contribution in [0.25, 0.3) is 0 Å². The van der Waals surface area contributed by atoms with E-state index in [1.165, 1.54) is 37.2 Å². The molecule has 0 aromatic carbocycles. The molecule has 0 radical (unpaired) electrons. The van der Waals surface area contributed by atoms with E-state index in [1.807, 2.05) is 11.8 Å². The van der Waals surface area contributed by atoms with E-state index in [0.717, 1.165) is 12.8 Å². The van der Waals surface area contributed by atoms with Gasteiger partial charge in [0.15, 0.2) is 0 Å². The molecule has 0 unspecified atom stereocenters. The lowest BCUT2D eigenvalue weighted by Gasteiger charge is -2.00. The Morgan fingerprint density at radius 3 is 2.36 bits per heavy atom. The van der Waals surface area contributed by atoms with Gasteiger partial charge in [-0.1, -0.05) is 26.2 Å². The fourth-order valence-corrected chi connectivity index (χ4v) is 2.29. The van der Waals surface area contributed by atoms with Crippen LogP contribution in [0.4, 0.5) is 0 Å². The molecule has 0 rings (SSSR count). The Balaban J connectivity index is 2.88. The maximum Gasteiger partial charge on any atom is 0.303 e. The first-order valence-electron chi connectivity index (χ1n) is 5.57. The van der Waals surface area contributed by atoms with Crippen molar-refractivity contribution in [1.29, 1.82) is 0 Å². The molecule has 0 fully saturated rings. The Bertz CT molecular complexity index is 137. The normalized spacial score (nSPS) is 10.4. The second-order valence-corrected chi connectivity index (χ2v) is 4.75. The van der Waals surface area contributed by atoms with Crippen LogP contribution < -0.4 is 0 Å². The first-order valence-corrected chi connectivity index (χ1v) is 6.72. The van der Waals surface area contributed by atoms with E-state index in [-0.39, 0.29) is 0 Å². The minimum absolute atomic E-state index is 0.336. The molecule has 0 aromatic rings. The Kier molecular flexibility index (Phi) is 10.8. The fraction of sp³-hybridized carbons (Fsp3) is 0.909. The number of hydrogen-bond acceptors (Lipinski definition) is 2. The summed E-state index contributed by atoms with van der Waals surface area (Å²) in [6.07, 6.45) is 7.29. The van der Waals surface area contributed by atoms with Crippen LogP contribution in [0.3, 0.4) is 0 Å². The summed E-state index contributed by atoms with van der Waals surface area (Å²) in [5.74, 6) is 1.86. The second-order valence-electron chi connectivity index (χ2n) is 3.52. The van der Waals surface area contributed by atoms with E-state index >= 15 is 0 Å². The van der Waals surface area contributed by atoms with Crippen molar-refractivity contribution in [3.8, 4) is 0 Å². The number of carboxylic acid groups (broad SMARTS) is 1. The van der Waals surface area contributed by atoms with Gasteiger partial charge in [-0.25, -0.2) is 0 Å². The van der Waals surface area contributed by atoms with Crippen molar-refractivity contribution in [1.82, 2.24) is 0 Å². The van der Waals surface area contributed by atoms with Gasteiger partial charge in [-0.2, -0.15) is 11.8 Å². The molecule has 0 saturated carbocycles. The van der Waals surface area contributed by atoms with Crippen molar-refractivity contribution in [3.05, 3.63) is 0 Å². The Morgan fingerprint density at radius 2 is 1.71 bits per heavy atom. The number of carboxylic acids is 1. The van der Waals surface area contributed by atoms with Crippen molar-refractivity contribution >= 4 is 17.7 Å². The predicted octanol–water partition coefficient (Wildman–Crippen LogP) is 3.55. The molecule has 0 aliphatic heterocycles. The molecular formula is C11H22O2S. The zero-order valence-corrected chi connectivity index (χ0v) is 9.94. The lowest BCUT2D eigenvalue weighted by atomic mass is 10.2. The third kappa shape index (κ3) is 11.8. The topological polar surface area (TPSA) is 37.3 Å². The molecule has 1 N–H and O–H groups in total. The minimum atomic E-state index is -0.665. The molecule has 0 spiro atoms. The number of aliphatic carboxylic acids is 1. The van der Waals surface area contributed by atoms with E-state index in [9.17, 15) is 4.79 Å². The van der Waals surface area contributed by atoms with Gasteiger partial charge in [-0.3, -0.25) is 4.79 Å². The van der Waals surface area contributed by atoms with E-state index in [1.54, 1.807) is 0 Å². The molecule has 2 nitrogen and oxygen atoms in total. The lowest BCUT2D eigenvalue weighted by Crippen LogP contribution is -1.93. The van der Waals surface area contributed by atoms with Gasteiger partial charge >= 0.3 is 5.97 Å². The number of carbonyl (C=O) groups is 1. The van der Waals surface area contributed by atoms with Crippen molar-refractivity contribution in [3.63, 3.8) is 0 Å². The van der Waals surface area contributed by atoms with Gasteiger partial charge in [0.25, 0.3) is 0 Å². The van der Waals surface area contributed by atoms with Crippen molar-refractivity contribution in [2.45, 2.75) is 51.9 Å². The number of unbranched alkanes of at least 4 members (excludes halogenated alkanes) is 4. The highest BCUT2D eigenvalue weighted by Crippen LogP contribution is 2.10. The summed E-state index contributed by atoms with van der Waals surface area (Å²) in [7, 11) is 0. The van der Waals surface area contributed by atoms with Gasteiger partial charge in [-0.05, 0) is 30.8 Å². The third-order valence-electron chi connectivity index (χ3n) is 2.07. The van der Waals surface area contributed by atoms with Crippen LogP contribution >= 0.6 is 11.8 Å². The van der Waals surface area contributed by atoms with E-state index in [2.05, 4.69) is 6.92 Å². The predicted molar refractivity (Wildman–Crippen MR) is 63.0 cm³/mol. The molecule has 0 aliphatic rings. The molecule has 3 heteroatoms. The van der Waals surface area contributed by atoms with Crippen LogP contribution in [0.15, 0.2) is 0 Å². The van der Waals surface area contributed by atoms with Crippen LogP contribution in [0.1, 0.15) is 51.9 Å². The Labute approximate surface area is 91.5 Å². The Morgan fingerprint density at radius 1 is 1.07 bits per heavy atom. The standard InChI is InChI=1S/C11H22O2S/c1-2-3-9-14-10-7-5-4-6-8-11(12)13/h2-10H2,1H3,(H,12,13). The third-order valence-corrected chi connectivity index (χ3v) is 3.23. The van der Waals surface area contributed by atoms with Gasteiger partial charge in [0.2, 0.25) is 0 Å². The van der Waals surface area contributed by atoms with Gasteiger partial charge < -0.3 is 5.11 Å². The molecule has 0 atom stereocenters. The van der Waals surface area contributed by atoms with E-state index in [0.29, 0.717) is 6.42 Å². The first-order chi connectivity index (χ1) is 6.77. The molecule has 0 saturated heterocycles.